The van der Waals surface area contributed by atoms with Gasteiger partial charge in [0.1, 0.15) is 12.4 Å². The lowest BCUT2D eigenvalue weighted by Gasteiger charge is -2.16. The number of benzene rings is 2. The first-order chi connectivity index (χ1) is 13.8. The Hall–Kier alpha value is -1.90. The van der Waals surface area contributed by atoms with Crippen molar-refractivity contribution in [2.75, 3.05) is 26.2 Å². The Labute approximate surface area is 180 Å². The van der Waals surface area contributed by atoms with Crippen LogP contribution in [0.2, 0.25) is 0 Å². The molecule has 0 radical (unpaired) electrons. The summed E-state index contributed by atoms with van der Waals surface area (Å²) in [5.74, 6) is 0.474. The fourth-order valence-corrected chi connectivity index (χ4v) is 5.33. The maximum atomic E-state index is 12.8. The van der Waals surface area contributed by atoms with Crippen LogP contribution in [0.15, 0.2) is 45.8 Å². The van der Waals surface area contributed by atoms with Crippen LogP contribution in [0, 0.1) is 13.8 Å². The van der Waals surface area contributed by atoms with Crippen molar-refractivity contribution in [2.45, 2.75) is 31.6 Å². The molecule has 0 saturated carbocycles. The van der Waals surface area contributed by atoms with Crippen molar-refractivity contribution in [1.82, 2.24) is 9.62 Å². The van der Waals surface area contributed by atoms with E-state index in [1.165, 1.54) is 16.4 Å². The molecule has 1 aliphatic rings. The minimum absolute atomic E-state index is 0.138. The third kappa shape index (κ3) is 4.99. The zero-order chi connectivity index (χ0) is 21.0. The minimum Gasteiger partial charge on any atom is -0.491 e. The number of hydrogen-bond acceptors (Lipinski definition) is 4. The van der Waals surface area contributed by atoms with Crippen molar-refractivity contribution in [3.8, 4) is 5.75 Å². The maximum Gasteiger partial charge on any atom is 0.252 e. The predicted octanol–water partition coefficient (Wildman–Crippen LogP) is 3.66. The molecule has 1 amide bonds. The first-order valence-corrected chi connectivity index (χ1v) is 11.8. The first-order valence-electron chi connectivity index (χ1n) is 9.57. The summed E-state index contributed by atoms with van der Waals surface area (Å²) in [5.41, 5.74) is 2.37. The summed E-state index contributed by atoms with van der Waals surface area (Å²) in [6, 6.07) is 10.5. The molecule has 8 heteroatoms. The van der Waals surface area contributed by atoms with Gasteiger partial charge in [0.2, 0.25) is 10.0 Å². The zero-order valence-corrected chi connectivity index (χ0v) is 19.0. The third-order valence-electron chi connectivity index (χ3n) is 4.93. The number of carbonyl (C=O) groups is 1. The lowest BCUT2D eigenvalue weighted by molar-refractivity contribution is 0.0946. The van der Waals surface area contributed by atoms with Gasteiger partial charge in [0.25, 0.3) is 5.91 Å². The Kier molecular flexibility index (Phi) is 6.97. The standard InChI is InChI=1S/C21H25BrN2O4S/c1-15-6-5-7-16(2)20(15)28-13-10-23-21(25)18-14-17(8-9-19(18)22)29(26,27)24-11-3-4-12-24/h5-9,14H,3-4,10-13H2,1-2H3,(H,23,25). The first kappa shape index (κ1) is 21.8. The van der Waals surface area contributed by atoms with Crippen LogP contribution in [0.3, 0.4) is 0 Å². The molecule has 3 rings (SSSR count). The third-order valence-corrected chi connectivity index (χ3v) is 7.51. The number of rotatable bonds is 7. The number of para-hydroxylation sites is 1. The van der Waals surface area contributed by atoms with Crippen LogP contribution >= 0.6 is 15.9 Å². The number of nitrogens with zero attached hydrogens (tertiary/aromatic N) is 1. The van der Waals surface area contributed by atoms with Gasteiger partial charge >= 0.3 is 0 Å². The van der Waals surface area contributed by atoms with Crippen LogP contribution < -0.4 is 10.1 Å². The number of nitrogens with one attached hydrogen (secondary N) is 1. The lowest BCUT2D eigenvalue weighted by atomic mass is 10.1. The van der Waals surface area contributed by atoms with Gasteiger partial charge in [0.15, 0.2) is 0 Å². The molecule has 1 N–H and O–H groups in total. The van der Waals surface area contributed by atoms with Crippen LogP contribution in [-0.2, 0) is 10.0 Å². The fourth-order valence-electron chi connectivity index (χ4n) is 3.36. The second-order valence-electron chi connectivity index (χ2n) is 7.08. The van der Waals surface area contributed by atoms with Crippen LogP contribution in [0.25, 0.3) is 0 Å². The SMILES string of the molecule is Cc1cccc(C)c1OCCNC(=O)c1cc(S(=O)(=O)N2CCCC2)ccc1Br. The van der Waals surface area contributed by atoms with Crippen LogP contribution in [-0.4, -0.2) is 44.9 Å². The van der Waals surface area contributed by atoms with Crippen molar-refractivity contribution in [2.24, 2.45) is 0 Å². The normalized spacial score (nSPS) is 14.7. The summed E-state index contributed by atoms with van der Waals surface area (Å²) in [7, 11) is -3.57. The van der Waals surface area contributed by atoms with Crippen LogP contribution in [0.5, 0.6) is 5.75 Å². The average molecular weight is 481 g/mol. The van der Waals surface area contributed by atoms with Gasteiger partial charge in [-0.3, -0.25) is 4.79 Å². The molecule has 1 aliphatic heterocycles. The smallest absolute Gasteiger partial charge is 0.252 e. The van der Waals surface area contributed by atoms with E-state index in [0.717, 1.165) is 29.7 Å². The van der Waals surface area contributed by atoms with Gasteiger partial charge in [-0.2, -0.15) is 4.31 Å². The number of ether oxygens (including phenoxy) is 1. The number of hydrogen-bond donors (Lipinski definition) is 1. The molecule has 0 atom stereocenters. The van der Waals surface area contributed by atoms with Crippen molar-refractivity contribution >= 4 is 31.9 Å². The Morgan fingerprint density at radius 1 is 1.14 bits per heavy atom. The summed E-state index contributed by atoms with van der Waals surface area (Å²) >= 11 is 3.35. The lowest BCUT2D eigenvalue weighted by Crippen LogP contribution is -2.30. The molecule has 6 nitrogen and oxygen atoms in total. The van der Waals surface area contributed by atoms with Gasteiger partial charge in [-0.25, -0.2) is 8.42 Å². The van der Waals surface area contributed by atoms with E-state index in [1.807, 2.05) is 32.0 Å². The van der Waals surface area contributed by atoms with E-state index in [2.05, 4.69) is 21.2 Å². The van der Waals surface area contributed by atoms with E-state index in [9.17, 15) is 13.2 Å². The van der Waals surface area contributed by atoms with E-state index in [0.29, 0.717) is 30.7 Å². The van der Waals surface area contributed by atoms with Crippen LogP contribution in [0.1, 0.15) is 34.3 Å². The highest BCUT2D eigenvalue weighted by molar-refractivity contribution is 9.10. The van der Waals surface area contributed by atoms with Gasteiger partial charge in [0.05, 0.1) is 17.0 Å². The molecule has 0 unspecified atom stereocenters. The van der Waals surface area contributed by atoms with Crippen LogP contribution in [0.4, 0.5) is 0 Å². The largest absolute Gasteiger partial charge is 0.491 e. The molecule has 1 heterocycles. The Bertz CT molecular complexity index is 981. The monoisotopic (exact) mass is 480 g/mol. The summed E-state index contributed by atoms with van der Waals surface area (Å²) in [5, 5.41) is 2.79. The summed E-state index contributed by atoms with van der Waals surface area (Å²) < 4.78 is 33.3. The number of amides is 1. The Morgan fingerprint density at radius 2 is 1.79 bits per heavy atom. The maximum absolute atomic E-state index is 12.8. The molecule has 0 bridgehead atoms. The molecule has 0 aromatic heterocycles. The molecular weight excluding hydrogens is 456 g/mol. The van der Waals surface area contributed by atoms with Gasteiger partial charge < -0.3 is 10.1 Å². The molecule has 1 fully saturated rings. The topological polar surface area (TPSA) is 75.7 Å². The molecule has 0 spiro atoms. The highest BCUT2D eigenvalue weighted by Crippen LogP contribution is 2.26. The number of sulfonamides is 1. The van der Waals surface area contributed by atoms with Crippen molar-refractivity contribution < 1.29 is 17.9 Å². The van der Waals surface area contributed by atoms with E-state index < -0.39 is 10.0 Å². The molecule has 2 aromatic rings. The summed E-state index contributed by atoms with van der Waals surface area (Å²) in [6.07, 6.45) is 1.73. The van der Waals surface area contributed by atoms with Gasteiger partial charge in [-0.1, -0.05) is 18.2 Å². The molecule has 2 aromatic carbocycles. The van der Waals surface area contributed by atoms with Crippen molar-refractivity contribution in [1.29, 1.82) is 0 Å². The van der Waals surface area contributed by atoms with Crippen molar-refractivity contribution in [3.63, 3.8) is 0 Å². The number of carbonyl (C=O) groups excluding carboxylic acids is 1. The predicted molar refractivity (Wildman–Crippen MR) is 116 cm³/mol. The molecule has 156 valence electrons. The molecule has 1 saturated heterocycles. The minimum atomic E-state index is -3.57. The molecule has 29 heavy (non-hydrogen) atoms. The van der Waals surface area contributed by atoms with Crippen molar-refractivity contribution in [3.05, 3.63) is 57.6 Å². The number of aryl methyl sites for hydroxylation is 2. The highest BCUT2D eigenvalue weighted by Gasteiger charge is 2.28. The Balaban J connectivity index is 1.65. The zero-order valence-electron chi connectivity index (χ0n) is 16.6. The second-order valence-corrected chi connectivity index (χ2v) is 9.87. The van der Waals surface area contributed by atoms with E-state index in [4.69, 9.17) is 4.74 Å². The molecule has 0 aliphatic carbocycles. The summed E-state index contributed by atoms with van der Waals surface area (Å²) in [6.45, 7) is 5.63. The van der Waals surface area contributed by atoms with E-state index >= 15 is 0 Å². The van der Waals surface area contributed by atoms with E-state index in [-0.39, 0.29) is 16.4 Å². The molecular formula is C21H25BrN2O4S. The van der Waals surface area contributed by atoms with Gasteiger partial charge in [0, 0.05) is 17.6 Å². The fraction of sp³-hybridized carbons (Fsp3) is 0.381. The van der Waals surface area contributed by atoms with E-state index in [1.54, 1.807) is 6.07 Å². The number of halogens is 1. The average Bonchev–Trinajstić information content (AvgIpc) is 3.22. The highest BCUT2D eigenvalue weighted by atomic mass is 79.9. The summed E-state index contributed by atoms with van der Waals surface area (Å²) in [4.78, 5) is 12.7. The van der Waals surface area contributed by atoms with Gasteiger partial charge in [-0.15, -0.1) is 0 Å². The second kappa shape index (κ2) is 9.28. The quantitative estimate of drug-likeness (QED) is 0.613. The Morgan fingerprint density at radius 3 is 2.45 bits per heavy atom. The van der Waals surface area contributed by atoms with Gasteiger partial charge in [-0.05, 0) is 71.9 Å².